The summed E-state index contributed by atoms with van der Waals surface area (Å²) in [4.78, 5) is 12.8. The van der Waals surface area contributed by atoms with Crippen LogP contribution in [-0.4, -0.2) is 35.1 Å². The van der Waals surface area contributed by atoms with Gasteiger partial charge in [-0.15, -0.1) is 0 Å². The molecule has 0 aliphatic heterocycles. The Kier molecular flexibility index (Phi) is 12.6. The summed E-state index contributed by atoms with van der Waals surface area (Å²) in [6.45, 7) is 30.0. The van der Waals surface area contributed by atoms with Crippen LogP contribution in [0.2, 0.25) is 33.2 Å². The zero-order valence-corrected chi connectivity index (χ0v) is 24.3. The molecule has 1 atom stereocenters. The summed E-state index contributed by atoms with van der Waals surface area (Å²) in [5.41, 5.74) is 3.18. The third kappa shape index (κ3) is 6.88. The van der Waals surface area contributed by atoms with Crippen LogP contribution in [0, 0.1) is 0 Å². The first-order valence-electron chi connectivity index (χ1n) is 12.2. The van der Waals surface area contributed by atoms with Gasteiger partial charge in [0, 0.05) is 6.61 Å². The van der Waals surface area contributed by atoms with Gasteiger partial charge >= 0.3 is 0 Å². The van der Waals surface area contributed by atoms with Crippen LogP contribution in [0.3, 0.4) is 0 Å². The fraction of sp³-hybridized carbons (Fsp3) is 0.880. The van der Waals surface area contributed by atoms with Gasteiger partial charge in [-0.1, -0.05) is 89.2 Å². The van der Waals surface area contributed by atoms with E-state index in [1.807, 2.05) is 13.0 Å². The zero-order chi connectivity index (χ0) is 23.9. The van der Waals surface area contributed by atoms with Crippen molar-refractivity contribution >= 4 is 22.4 Å². The molecule has 0 amide bonds. The minimum Gasteiger partial charge on any atom is -0.416 e. The highest BCUT2D eigenvalue weighted by molar-refractivity contribution is 6.78. The molecule has 0 unspecified atom stereocenters. The van der Waals surface area contributed by atoms with Crippen LogP contribution in [0.25, 0.3) is 0 Å². The van der Waals surface area contributed by atoms with E-state index in [-0.39, 0.29) is 11.9 Å². The Morgan fingerprint density at radius 2 is 1.03 bits per heavy atom. The summed E-state index contributed by atoms with van der Waals surface area (Å²) in [6, 6.07) is 0. The molecule has 0 aliphatic rings. The van der Waals surface area contributed by atoms with Gasteiger partial charge in [0.15, 0.2) is 14.1 Å². The molecule has 0 aromatic heterocycles. The molecule has 3 nitrogen and oxygen atoms in total. The van der Waals surface area contributed by atoms with E-state index in [2.05, 4.69) is 83.1 Å². The lowest BCUT2D eigenvalue weighted by molar-refractivity contribution is -0.120. The van der Waals surface area contributed by atoms with Crippen LogP contribution < -0.4 is 0 Å². The van der Waals surface area contributed by atoms with Crippen molar-refractivity contribution in [1.82, 2.24) is 0 Å². The zero-order valence-electron chi connectivity index (χ0n) is 22.3. The highest BCUT2D eigenvalue weighted by Gasteiger charge is 2.47. The van der Waals surface area contributed by atoms with Crippen LogP contribution >= 0.6 is 0 Å². The van der Waals surface area contributed by atoms with Gasteiger partial charge in [0.2, 0.25) is 8.32 Å². The Labute approximate surface area is 190 Å². The van der Waals surface area contributed by atoms with Crippen molar-refractivity contribution in [2.75, 3.05) is 6.61 Å². The molecule has 0 aromatic rings. The Morgan fingerprint density at radius 1 is 0.667 bits per heavy atom. The molecule has 5 heteroatoms. The molecule has 0 N–H and O–H groups in total. The van der Waals surface area contributed by atoms with Crippen LogP contribution in [-0.2, 0) is 13.6 Å². The highest BCUT2D eigenvalue weighted by Crippen LogP contribution is 2.43. The van der Waals surface area contributed by atoms with E-state index in [1.54, 1.807) is 6.08 Å². The topological polar surface area (TPSA) is 35.5 Å². The molecular weight excluding hydrogens is 404 g/mol. The number of carbonyl (C=O) groups is 1. The predicted molar refractivity (Wildman–Crippen MR) is 137 cm³/mol. The van der Waals surface area contributed by atoms with Crippen molar-refractivity contribution in [3.05, 3.63) is 12.2 Å². The fourth-order valence-electron chi connectivity index (χ4n) is 5.91. The smallest absolute Gasteiger partial charge is 0.201 e. The van der Waals surface area contributed by atoms with Gasteiger partial charge in [0.1, 0.15) is 6.10 Å². The van der Waals surface area contributed by atoms with Gasteiger partial charge in [-0.05, 0) is 52.7 Å². The Morgan fingerprint density at radius 3 is 1.37 bits per heavy atom. The molecule has 0 heterocycles. The Bertz CT molecular complexity index is 493. The van der Waals surface area contributed by atoms with E-state index in [0.29, 0.717) is 39.9 Å². The lowest BCUT2D eigenvalue weighted by atomic mass is 10.2. The molecule has 0 saturated carbocycles. The quantitative estimate of drug-likeness (QED) is 0.150. The number of ketones is 1. The number of hydrogen-bond acceptors (Lipinski definition) is 3. The molecule has 0 rings (SSSR count). The second kappa shape index (κ2) is 12.7. The first kappa shape index (κ1) is 29.8. The first-order chi connectivity index (χ1) is 13.7. The number of hydrogen-bond donors (Lipinski definition) is 0. The minimum atomic E-state index is -2.04. The number of rotatable bonds is 14. The predicted octanol–water partition coefficient (Wildman–Crippen LogP) is 8.27. The second-order valence-corrected chi connectivity index (χ2v) is 21.7. The summed E-state index contributed by atoms with van der Waals surface area (Å²) >= 11 is 0. The summed E-state index contributed by atoms with van der Waals surface area (Å²) in [6.07, 6.45) is 4.10. The normalized spacial score (nSPS) is 15.0. The van der Waals surface area contributed by atoms with E-state index >= 15 is 0 Å². The van der Waals surface area contributed by atoms with Crippen LogP contribution in [0.4, 0.5) is 0 Å². The second-order valence-electron chi connectivity index (χ2n) is 10.8. The minimum absolute atomic E-state index is 0.0777. The third-order valence-corrected chi connectivity index (χ3v) is 19.4. The molecule has 0 saturated heterocycles. The Balaban J connectivity index is 5.03. The van der Waals surface area contributed by atoms with Crippen molar-refractivity contribution in [3.63, 3.8) is 0 Å². The molecule has 0 aliphatic carbocycles. The van der Waals surface area contributed by atoms with Crippen LogP contribution in [0.1, 0.15) is 96.4 Å². The summed E-state index contributed by atoms with van der Waals surface area (Å²) < 4.78 is 13.2. The van der Waals surface area contributed by atoms with Crippen molar-refractivity contribution in [3.8, 4) is 0 Å². The number of carbonyl (C=O) groups excluding carboxylic acids is 1. The molecular formula is C25H52O3Si2. The fourth-order valence-corrected chi connectivity index (χ4v) is 16.9. The SMILES string of the molecule is CC(C)[Si](OCC/C=C/C(=O)[C@H](C)O[Si](C(C)C)(C(C)C)C(C)C)(C(C)C)C(C)C. The van der Waals surface area contributed by atoms with Gasteiger partial charge in [0.25, 0.3) is 0 Å². The molecule has 0 bridgehead atoms. The van der Waals surface area contributed by atoms with Crippen molar-refractivity contribution in [2.45, 2.75) is 136 Å². The highest BCUT2D eigenvalue weighted by atomic mass is 28.4. The van der Waals surface area contributed by atoms with E-state index in [9.17, 15) is 4.79 Å². The molecule has 178 valence electrons. The maximum atomic E-state index is 12.8. The molecule has 0 radical (unpaired) electrons. The van der Waals surface area contributed by atoms with Gasteiger partial charge in [-0.3, -0.25) is 4.79 Å². The lowest BCUT2D eigenvalue weighted by Gasteiger charge is -2.43. The third-order valence-electron chi connectivity index (χ3n) is 7.11. The lowest BCUT2D eigenvalue weighted by Crippen LogP contribution is -2.50. The van der Waals surface area contributed by atoms with E-state index in [0.717, 1.165) is 6.42 Å². The van der Waals surface area contributed by atoms with E-state index in [4.69, 9.17) is 8.85 Å². The standard InChI is InChI=1S/C25H52O3Si2/c1-18(2)29(19(3)4,20(5)6)27-17-15-14-16-25(26)24(13)28-30(21(7)8,22(9)10)23(11)12/h14,16,18-24H,15,17H2,1-13H3/b16-14+/t24-/m0/s1. The Hall–Kier alpha value is -0.236. The van der Waals surface area contributed by atoms with Gasteiger partial charge in [0.05, 0.1) is 0 Å². The maximum Gasteiger partial charge on any atom is 0.201 e. The van der Waals surface area contributed by atoms with Gasteiger partial charge in [-0.2, -0.15) is 0 Å². The van der Waals surface area contributed by atoms with Crippen molar-refractivity contribution < 1.29 is 13.6 Å². The average Bonchev–Trinajstić information content (AvgIpc) is 2.60. The average molecular weight is 457 g/mol. The molecule has 0 aromatic carbocycles. The molecule has 30 heavy (non-hydrogen) atoms. The van der Waals surface area contributed by atoms with Crippen molar-refractivity contribution in [1.29, 1.82) is 0 Å². The van der Waals surface area contributed by atoms with Crippen LogP contribution in [0.5, 0.6) is 0 Å². The van der Waals surface area contributed by atoms with E-state index < -0.39 is 16.6 Å². The summed E-state index contributed by atoms with van der Waals surface area (Å²) in [7, 11) is -3.88. The maximum absolute atomic E-state index is 12.8. The summed E-state index contributed by atoms with van der Waals surface area (Å²) in [5, 5.41) is 0. The largest absolute Gasteiger partial charge is 0.416 e. The monoisotopic (exact) mass is 456 g/mol. The van der Waals surface area contributed by atoms with Crippen LogP contribution in [0.15, 0.2) is 12.2 Å². The van der Waals surface area contributed by atoms with Gasteiger partial charge in [-0.25, -0.2) is 0 Å². The van der Waals surface area contributed by atoms with E-state index in [1.165, 1.54) is 0 Å². The molecule has 0 spiro atoms. The first-order valence-corrected chi connectivity index (χ1v) is 16.5. The molecule has 0 fully saturated rings. The van der Waals surface area contributed by atoms with Gasteiger partial charge < -0.3 is 8.85 Å². The summed E-state index contributed by atoms with van der Waals surface area (Å²) in [5.74, 6) is 0.0777. The van der Waals surface area contributed by atoms with Crippen molar-refractivity contribution in [2.24, 2.45) is 0 Å².